The maximum atomic E-state index is 13.0. The molecule has 0 heterocycles. The first-order chi connectivity index (χ1) is 67.8. The number of ether oxygens (including phenoxy) is 14. The SMILES string of the molecule is CCCCCCCCCCCOc1ccc(Oc2ccc(OCCCCCCCCCCOC(=O)c3cc(OCCCCCCOc4ccc(N=Nc5ccc(C#N)cc5)cc4)cc(C(=O)OC)c3)cc2)cc1.CCCCCCCOc1ccc(Oc2ccc(OCCCCCCOC(=O)c3cc(OCCCCCCOc4ccc(N=Nc5ccc(C#N)cc5)cc4)cc(C(=O)OC)c3)cc2)cc1. The topological polar surface area (TPSA) is 295 Å². The third-order valence-corrected chi connectivity index (χ3v) is 22.4. The van der Waals surface area contributed by atoms with Crippen LogP contribution in [0.4, 0.5) is 22.7 Å². The molecule has 0 spiro atoms. The molecule has 10 aromatic rings. The quantitative estimate of drug-likeness (QED) is 0.0148. The molecule has 0 atom stereocenters. The van der Waals surface area contributed by atoms with Crippen LogP contribution >= 0.6 is 0 Å². The van der Waals surface area contributed by atoms with E-state index in [1.807, 2.05) is 146 Å². The van der Waals surface area contributed by atoms with E-state index in [1.165, 1.54) is 103 Å². The summed E-state index contributed by atoms with van der Waals surface area (Å²) in [6.07, 6.45) is 36.6. The monoisotopic (exact) mass is 1880 g/mol. The number of benzene rings is 10. The molecule has 0 aromatic heterocycles. The van der Waals surface area contributed by atoms with Crippen molar-refractivity contribution >= 4 is 46.6 Å². The zero-order chi connectivity index (χ0) is 97.1. The van der Waals surface area contributed by atoms with E-state index in [0.717, 1.165) is 206 Å². The van der Waals surface area contributed by atoms with Crippen molar-refractivity contribution in [2.45, 2.75) is 232 Å². The lowest BCUT2D eigenvalue weighted by Gasteiger charge is -2.11. The molecule has 10 rings (SSSR count). The highest BCUT2D eigenvalue weighted by Crippen LogP contribution is 2.32. The van der Waals surface area contributed by atoms with Crippen LogP contribution in [0.5, 0.6) is 69.0 Å². The van der Waals surface area contributed by atoms with Crippen molar-refractivity contribution in [3.8, 4) is 81.1 Å². The molecule has 10 aromatic carbocycles. The maximum Gasteiger partial charge on any atom is 0.338 e. The Morgan fingerprint density at radius 2 is 0.399 bits per heavy atom. The predicted molar refractivity (Wildman–Crippen MR) is 538 cm³/mol. The molecule has 24 heteroatoms. The van der Waals surface area contributed by atoms with E-state index in [1.54, 1.807) is 72.8 Å². The highest BCUT2D eigenvalue weighted by atomic mass is 16.5. The molecule has 0 N–H and O–H groups in total. The molecule has 24 nitrogen and oxygen atoms in total. The molecule has 0 aliphatic heterocycles. The van der Waals surface area contributed by atoms with Gasteiger partial charge in [-0.05, 0) is 333 Å². The average molecular weight is 1880 g/mol. The predicted octanol–water partition coefficient (Wildman–Crippen LogP) is 30.6. The van der Waals surface area contributed by atoms with Gasteiger partial charge in [-0.3, -0.25) is 0 Å². The largest absolute Gasteiger partial charge is 0.494 e. The average Bonchev–Trinajstić information content (AvgIpc) is 0.837. The fraction of sp³-hybridized carbons (Fsp3) is 0.421. The van der Waals surface area contributed by atoms with Gasteiger partial charge in [-0.15, -0.1) is 0 Å². The van der Waals surface area contributed by atoms with E-state index in [2.05, 4.69) is 46.4 Å². The van der Waals surface area contributed by atoms with Gasteiger partial charge in [0.15, 0.2) is 0 Å². The molecule has 0 aliphatic carbocycles. The minimum absolute atomic E-state index is 0.220. The van der Waals surface area contributed by atoms with Crippen LogP contribution in [-0.2, 0) is 18.9 Å². The Hall–Kier alpha value is -13.7. The molecule has 0 radical (unpaired) electrons. The molecule has 732 valence electrons. The fourth-order valence-electron chi connectivity index (χ4n) is 14.5. The van der Waals surface area contributed by atoms with Crippen LogP contribution in [-0.4, -0.2) is 104 Å². The number of esters is 4. The van der Waals surface area contributed by atoms with E-state index in [9.17, 15) is 19.2 Å². The van der Waals surface area contributed by atoms with Crippen LogP contribution in [0.25, 0.3) is 0 Å². The summed E-state index contributed by atoms with van der Waals surface area (Å²) < 4.78 is 80.3. The summed E-state index contributed by atoms with van der Waals surface area (Å²) in [6, 6.07) is 73.0. The summed E-state index contributed by atoms with van der Waals surface area (Å²) >= 11 is 0. The minimum Gasteiger partial charge on any atom is -0.494 e. The first kappa shape index (κ1) is 108. The number of azo groups is 2. The van der Waals surface area contributed by atoms with Crippen molar-refractivity contribution in [2.75, 3.05) is 80.3 Å². The van der Waals surface area contributed by atoms with Gasteiger partial charge in [-0.1, -0.05) is 129 Å². The number of hydrogen-bond acceptors (Lipinski definition) is 24. The first-order valence-electron chi connectivity index (χ1n) is 49.5. The Morgan fingerprint density at radius 3 is 0.616 bits per heavy atom. The van der Waals surface area contributed by atoms with Crippen LogP contribution in [0, 0.1) is 22.7 Å². The van der Waals surface area contributed by atoms with E-state index >= 15 is 0 Å². The number of rotatable bonds is 68. The molecule has 0 bridgehead atoms. The number of unbranched alkanes of at least 4 members (excludes halogenated alkanes) is 28. The number of methoxy groups -OCH3 is 2. The molecule has 0 fully saturated rings. The van der Waals surface area contributed by atoms with Crippen LogP contribution in [0.2, 0.25) is 0 Å². The summed E-state index contributed by atoms with van der Waals surface area (Å²) in [5.74, 6) is 6.57. The lowest BCUT2D eigenvalue weighted by atomic mass is 10.1. The number of hydrogen-bond donors (Lipinski definition) is 0. The zero-order valence-corrected chi connectivity index (χ0v) is 81.1. The number of carbonyl (C=O) groups is 4. The number of nitrogens with zero attached hydrogens (tertiary/aromatic N) is 6. The van der Waals surface area contributed by atoms with Gasteiger partial charge in [0.2, 0.25) is 0 Å². The number of carbonyl (C=O) groups excluding carboxylic acids is 4. The zero-order valence-electron chi connectivity index (χ0n) is 81.1. The van der Waals surface area contributed by atoms with Crippen LogP contribution in [0.15, 0.2) is 251 Å². The Bertz CT molecular complexity index is 5240. The Kier molecular flexibility index (Phi) is 52.1. The smallest absolute Gasteiger partial charge is 0.338 e. The standard InChI is InChI=1S/C61H77N3O9.C53H61N3O9/c1-3-4-5-6-7-8-11-14-19-40-69-55-32-36-57(37-33-55)73-58-38-34-56(35-39-58)70-41-20-15-12-9-10-13-16-23-44-72-61(66)51-45-50(60(65)67-2)46-59(47-51)71-43-22-18-17-21-42-68-54-30-28-53(29-31-54)64-63-52-26-24-49(48-62)25-27-52;1-3-4-5-6-11-32-61-47-24-28-49(29-25-47)65-50-30-26-48(27-31-50)62-34-13-9-10-15-36-64-53(58)43-37-42(52(57)59-2)38-51(39-43)63-35-14-8-7-12-33-60-46-22-20-45(21-23-46)56-55-44-18-16-41(40-54)17-19-44/h24-39,45-47H,3-23,40-44H2,1-2H3;16-31,37-39H,3-15,32-36H2,1-2H3. The highest BCUT2D eigenvalue weighted by Gasteiger charge is 2.19. The first-order valence-corrected chi connectivity index (χ1v) is 49.5. The number of nitriles is 2. The van der Waals surface area contributed by atoms with Crippen LogP contribution < -0.4 is 47.4 Å². The van der Waals surface area contributed by atoms with Gasteiger partial charge < -0.3 is 66.3 Å². The van der Waals surface area contributed by atoms with Crippen molar-refractivity contribution in [1.82, 2.24) is 0 Å². The van der Waals surface area contributed by atoms with Gasteiger partial charge >= 0.3 is 23.9 Å². The molecule has 0 amide bonds. The molecule has 138 heavy (non-hydrogen) atoms. The van der Waals surface area contributed by atoms with Crippen LogP contribution in [0.3, 0.4) is 0 Å². The van der Waals surface area contributed by atoms with E-state index in [4.69, 9.17) is 76.8 Å². The normalized spacial score (nSPS) is 10.9. The maximum absolute atomic E-state index is 13.0. The second-order valence-electron chi connectivity index (χ2n) is 33.6. The van der Waals surface area contributed by atoms with Gasteiger partial charge in [0.05, 0.1) is 149 Å². The summed E-state index contributed by atoms with van der Waals surface area (Å²) in [6.45, 7) is 9.81. The molecule has 0 aliphatic rings. The third-order valence-electron chi connectivity index (χ3n) is 22.4. The third kappa shape index (κ3) is 44.8. The van der Waals surface area contributed by atoms with E-state index < -0.39 is 23.9 Å². The van der Waals surface area contributed by atoms with E-state index in [-0.39, 0.29) is 28.9 Å². The van der Waals surface area contributed by atoms with Gasteiger partial charge in [-0.2, -0.15) is 31.0 Å². The second kappa shape index (κ2) is 66.7. The summed E-state index contributed by atoms with van der Waals surface area (Å²) in [4.78, 5) is 50.7. The fourth-order valence-corrected chi connectivity index (χ4v) is 14.5. The Morgan fingerprint density at radius 1 is 0.217 bits per heavy atom. The minimum atomic E-state index is -0.562. The molecular weight excluding hydrogens is 1740 g/mol. The lowest BCUT2D eigenvalue weighted by Crippen LogP contribution is -2.10. The van der Waals surface area contributed by atoms with Gasteiger partial charge in [0.25, 0.3) is 0 Å². The highest BCUT2D eigenvalue weighted by molar-refractivity contribution is 5.97. The van der Waals surface area contributed by atoms with Crippen LogP contribution in [0.1, 0.15) is 285 Å². The van der Waals surface area contributed by atoms with Gasteiger partial charge in [-0.25, -0.2) is 19.2 Å². The van der Waals surface area contributed by atoms with E-state index in [0.29, 0.717) is 98.0 Å². The van der Waals surface area contributed by atoms with Crippen molar-refractivity contribution in [1.29, 1.82) is 10.5 Å². The molecule has 0 saturated heterocycles. The molecular formula is C114H138N6O18. The summed E-state index contributed by atoms with van der Waals surface area (Å²) in [5, 5.41) is 34.7. The summed E-state index contributed by atoms with van der Waals surface area (Å²) in [7, 11) is 2.60. The summed E-state index contributed by atoms with van der Waals surface area (Å²) in [5.41, 5.74) is 4.85. The second-order valence-corrected chi connectivity index (χ2v) is 33.6. The van der Waals surface area contributed by atoms with Crippen molar-refractivity contribution < 1.29 is 85.5 Å². The lowest BCUT2D eigenvalue weighted by molar-refractivity contribution is 0.0486. The molecule has 0 unspecified atom stereocenters. The Labute approximate surface area is 816 Å². The van der Waals surface area contributed by atoms with Crippen molar-refractivity contribution in [3.05, 3.63) is 264 Å². The van der Waals surface area contributed by atoms with Crippen molar-refractivity contribution in [2.24, 2.45) is 20.5 Å². The van der Waals surface area contributed by atoms with Crippen molar-refractivity contribution in [3.63, 3.8) is 0 Å². The Balaban J connectivity index is 0.000000311. The van der Waals surface area contributed by atoms with Gasteiger partial charge in [0.1, 0.15) is 69.0 Å². The van der Waals surface area contributed by atoms with Gasteiger partial charge in [0, 0.05) is 0 Å². The molecule has 0 saturated carbocycles.